The van der Waals surface area contributed by atoms with Crippen LogP contribution >= 0.6 is 22.9 Å². The van der Waals surface area contributed by atoms with Crippen LogP contribution < -0.4 is 20.1 Å². The van der Waals surface area contributed by atoms with E-state index in [9.17, 15) is 18.0 Å². The Morgan fingerprint density at radius 1 is 1.23 bits per heavy atom. The lowest BCUT2D eigenvalue weighted by atomic mass is 10.2. The first kappa shape index (κ1) is 24.1. The first-order valence-corrected chi connectivity index (χ1v) is 12.0. The third-order valence-corrected chi connectivity index (χ3v) is 5.46. The molecule has 0 unspecified atom stereocenters. The number of sulfonamides is 1. The van der Waals surface area contributed by atoms with Crippen LogP contribution in [0.3, 0.4) is 0 Å². The number of thiazole rings is 1. The number of carbonyl (C=O) groups excluding carboxylic acids is 2. The van der Waals surface area contributed by atoms with Gasteiger partial charge in [0.2, 0.25) is 10.0 Å². The van der Waals surface area contributed by atoms with Gasteiger partial charge < -0.3 is 10.1 Å². The third kappa shape index (κ3) is 7.56. The molecule has 0 saturated heterocycles. The van der Waals surface area contributed by atoms with E-state index in [1.807, 2.05) is 20.8 Å². The fraction of sp³-hybridized carbons (Fsp3) is 0.389. The number of hydrogen-bond donors (Lipinski definition) is 3. The van der Waals surface area contributed by atoms with Crippen molar-refractivity contribution >= 4 is 55.6 Å². The van der Waals surface area contributed by atoms with Crippen LogP contribution in [0.25, 0.3) is 0 Å². The summed E-state index contributed by atoms with van der Waals surface area (Å²) in [5.74, 6) is -1.09. The zero-order chi connectivity index (χ0) is 22.5. The van der Waals surface area contributed by atoms with Crippen LogP contribution in [0, 0.1) is 12.8 Å². The van der Waals surface area contributed by atoms with Gasteiger partial charge in [0.1, 0.15) is 10.1 Å². The molecule has 0 aliphatic carbocycles. The van der Waals surface area contributed by atoms with Gasteiger partial charge in [-0.3, -0.25) is 14.9 Å². The normalized spacial score (nSPS) is 11.4. The van der Waals surface area contributed by atoms with Crippen molar-refractivity contribution in [1.29, 1.82) is 0 Å². The Morgan fingerprint density at radius 3 is 2.53 bits per heavy atom. The Kier molecular flexibility index (Phi) is 8.18. The van der Waals surface area contributed by atoms with E-state index in [1.165, 1.54) is 0 Å². The molecule has 1 aromatic carbocycles. The van der Waals surface area contributed by atoms with Gasteiger partial charge in [-0.05, 0) is 30.5 Å². The first-order chi connectivity index (χ1) is 13.9. The van der Waals surface area contributed by atoms with E-state index >= 15 is 0 Å². The number of aromatic nitrogens is 1. The second kappa shape index (κ2) is 10.2. The molecule has 2 aromatic rings. The lowest BCUT2D eigenvalue weighted by molar-refractivity contribution is -0.133. The van der Waals surface area contributed by atoms with E-state index in [0.717, 1.165) is 23.2 Å². The summed E-state index contributed by atoms with van der Waals surface area (Å²) in [6.45, 7) is 6.22. The summed E-state index contributed by atoms with van der Waals surface area (Å²) in [6.07, 6.45) is 1.00. The van der Waals surface area contributed by atoms with Gasteiger partial charge in [0.05, 0.1) is 30.8 Å². The molecule has 0 bridgehead atoms. The SMILES string of the molecule is Cc1ccc(NC(=O)C(=O)Nc2nc(CNS(C)(=O)=O)c(Cl)s2)c(OCC(C)C)c1. The fourth-order valence-electron chi connectivity index (χ4n) is 2.14. The maximum absolute atomic E-state index is 12.3. The second-order valence-electron chi connectivity index (χ2n) is 6.95. The van der Waals surface area contributed by atoms with Gasteiger partial charge in [0.15, 0.2) is 5.13 Å². The van der Waals surface area contributed by atoms with Crippen LogP contribution in [0.5, 0.6) is 5.75 Å². The minimum absolute atomic E-state index is 0.0747. The number of aryl methyl sites for hydroxylation is 1. The standard InChI is InChI=1S/C18H23ClN4O5S2/c1-10(2)9-28-14-7-11(3)5-6-12(14)21-16(24)17(25)23-18-22-13(15(19)29-18)8-20-30(4,26)27/h5-7,10,20H,8-9H2,1-4H3,(H,21,24)(H,22,23,25). The van der Waals surface area contributed by atoms with Crippen molar-refractivity contribution in [3.05, 3.63) is 33.8 Å². The van der Waals surface area contributed by atoms with E-state index in [1.54, 1.807) is 18.2 Å². The molecular weight excluding hydrogens is 452 g/mol. The Morgan fingerprint density at radius 2 is 1.90 bits per heavy atom. The van der Waals surface area contributed by atoms with E-state index in [-0.39, 0.29) is 21.7 Å². The van der Waals surface area contributed by atoms with Crippen LogP contribution in [0.2, 0.25) is 4.34 Å². The molecule has 30 heavy (non-hydrogen) atoms. The third-order valence-electron chi connectivity index (χ3n) is 3.54. The summed E-state index contributed by atoms with van der Waals surface area (Å²) < 4.78 is 30.5. The maximum atomic E-state index is 12.3. The van der Waals surface area contributed by atoms with Gasteiger partial charge in [0.25, 0.3) is 0 Å². The maximum Gasteiger partial charge on any atom is 0.315 e. The van der Waals surface area contributed by atoms with Gasteiger partial charge in [0, 0.05) is 0 Å². The van der Waals surface area contributed by atoms with E-state index in [0.29, 0.717) is 24.0 Å². The Bertz CT molecular complexity index is 1040. The van der Waals surface area contributed by atoms with Crippen molar-refractivity contribution in [3.63, 3.8) is 0 Å². The summed E-state index contributed by atoms with van der Waals surface area (Å²) in [5.41, 5.74) is 1.56. The van der Waals surface area contributed by atoms with Crippen LogP contribution in [0.1, 0.15) is 25.1 Å². The van der Waals surface area contributed by atoms with Gasteiger partial charge in [-0.1, -0.05) is 42.9 Å². The highest BCUT2D eigenvalue weighted by atomic mass is 35.5. The zero-order valence-electron chi connectivity index (χ0n) is 16.9. The number of anilines is 2. The number of benzene rings is 1. The van der Waals surface area contributed by atoms with Gasteiger partial charge in [-0.2, -0.15) is 0 Å². The van der Waals surface area contributed by atoms with Crippen LogP contribution in [-0.4, -0.2) is 38.1 Å². The number of nitrogens with one attached hydrogen (secondary N) is 3. The molecule has 1 aromatic heterocycles. The molecule has 0 aliphatic rings. The van der Waals surface area contributed by atoms with Crippen LogP contribution in [-0.2, 0) is 26.2 Å². The minimum Gasteiger partial charge on any atom is -0.491 e. The van der Waals surface area contributed by atoms with Crippen molar-refractivity contribution in [1.82, 2.24) is 9.71 Å². The number of ether oxygens (including phenoxy) is 1. The molecule has 3 N–H and O–H groups in total. The van der Waals surface area contributed by atoms with Crippen LogP contribution in [0.15, 0.2) is 18.2 Å². The number of hydrogen-bond acceptors (Lipinski definition) is 7. The predicted octanol–water partition coefficient (Wildman–Crippen LogP) is 2.77. The molecular formula is C18H23ClN4O5S2. The summed E-state index contributed by atoms with van der Waals surface area (Å²) >= 11 is 6.93. The van der Waals surface area contributed by atoms with Crippen molar-refractivity contribution in [2.75, 3.05) is 23.5 Å². The number of carbonyl (C=O) groups is 2. The summed E-state index contributed by atoms with van der Waals surface area (Å²) in [7, 11) is -3.43. The zero-order valence-corrected chi connectivity index (χ0v) is 19.3. The minimum atomic E-state index is -3.43. The highest BCUT2D eigenvalue weighted by Crippen LogP contribution is 2.29. The molecule has 0 radical (unpaired) electrons. The molecule has 2 rings (SSSR count). The lowest BCUT2D eigenvalue weighted by Gasteiger charge is -2.14. The molecule has 2 amide bonds. The molecule has 0 atom stereocenters. The molecule has 0 fully saturated rings. The fourth-order valence-corrected chi connectivity index (χ4v) is 3.57. The smallest absolute Gasteiger partial charge is 0.315 e. The quantitative estimate of drug-likeness (QED) is 0.505. The van der Waals surface area contributed by atoms with E-state index in [4.69, 9.17) is 16.3 Å². The molecule has 9 nitrogen and oxygen atoms in total. The second-order valence-corrected chi connectivity index (χ2v) is 10.4. The Balaban J connectivity index is 2.04. The van der Waals surface area contributed by atoms with Crippen molar-refractivity contribution < 1.29 is 22.7 Å². The van der Waals surface area contributed by atoms with Gasteiger partial charge >= 0.3 is 11.8 Å². The van der Waals surface area contributed by atoms with Crippen LogP contribution in [0.4, 0.5) is 10.8 Å². The predicted molar refractivity (Wildman–Crippen MR) is 118 cm³/mol. The van der Waals surface area contributed by atoms with Gasteiger partial charge in [-0.15, -0.1) is 0 Å². The van der Waals surface area contributed by atoms with E-state index in [2.05, 4.69) is 20.3 Å². The molecule has 1 heterocycles. The van der Waals surface area contributed by atoms with Crippen molar-refractivity contribution in [3.8, 4) is 5.75 Å². The highest BCUT2D eigenvalue weighted by Gasteiger charge is 2.19. The number of halogens is 1. The molecule has 164 valence electrons. The van der Waals surface area contributed by atoms with Gasteiger partial charge in [-0.25, -0.2) is 18.1 Å². The molecule has 12 heteroatoms. The number of amides is 2. The largest absolute Gasteiger partial charge is 0.491 e. The summed E-state index contributed by atoms with van der Waals surface area (Å²) in [4.78, 5) is 28.6. The summed E-state index contributed by atoms with van der Waals surface area (Å²) in [6, 6.07) is 5.22. The Labute approximate surface area is 184 Å². The molecule has 0 saturated carbocycles. The highest BCUT2D eigenvalue weighted by molar-refractivity contribution is 7.88. The van der Waals surface area contributed by atoms with E-state index < -0.39 is 21.8 Å². The topological polar surface area (TPSA) is 126 Å². The Hall–Kier alpha value is -2.21. The first-order valence-electron chi connectivity index (χ1n) is 8.90. The number of nitrogens with zero attached hydrogens (tertiary/aromatic N) is 1. The van der Waals surface area contributed by atoms with Crippen molar-refractivity contribution in [2.24, 2.45) is 5.92 Å². The lowest BCUT2D eigenvalue weighted by Crippen LogP contribution is -2.29. The number of rotatable bonds is 8. The average Bonchev–Trinajstić information content (AvgIpc) is 2.98. The molecule has 0 spiro atoms. The molecule has 0 aliphatic heterocycles. The monoisotopic (exact) mass is 474 g/mol. The van der Waals surface area contributed by atoms with Crippen molar-refractivity contribution in [2.45, 2.75) is 27.3 Å². The average molecular weight is 475 g/mol. The summed E-state index contributed by atoms with van der Waals surface area (Å²) in [5, 5.41) is 4.95.